The second kappa shape index (κ2) is 5.68. The summed E-state index contributed by atoms with van der Waals surface area (Å²) in [6, 6.07) is 13.7. The summed E-state index contributed by atoms with van der Waals surface area (Å²) in [6.07, 6.45) is 0.872. The quantitative estimate of drug-likeness (QED) is 0.749. The third-order valence-corrected chi connectivity index (χ3v) is 3.94. The Morgan fingerprint density at radius 3 is 2.55 bits per heavy atom. The Hall–Kier alpha value is -2.55. The van der Waals surface area contributed by atoms with Crippen molar-refractivity contribution >= 4 is 22.6 Å². The molecule has 112 valence electrons. The number of carbonyl (C=O) groups excluding carboxylic acids is 1. The maximum Gasteiger partial charge on any atom is 0.291 e. The fourth-order valence-corrected chi connectivity index (χ4v) is 2.70. The van der Waals surface area contributed by atoms with Gasteiger partial charge in [-0.15, -0.1) is 0 Å². The molecule has 0 saturated heterocycles. The number of amides is 1. The van der Waals surface area contributed by atoms with Crippen LogP contribution < -0.4 is 5.32 Å². The third-order valence-electron chi connectivity index (χ3n) is 3.94. The zero-order chi connectivity index (χ0) is 15.7. The van der Waals surface area contributed by atoms with Gasteiger partial charge in [0.2, 0.25) is 0 Å². The topological polar surface area (TPSA) is 42.2 Å². The monoisotopic (exact) mass is 293 g/mol. The minimum atomic E-state index is -0.209. The molecule has 3 heteroatoms. The van der Waals surface area contributed by atoms with Gasteiger partial charge in [0.25, 0.3) is 5.91 Å². The van der Waals surface area contributed by atoms with Gasteiger partial charge in [0.05, 0.1) is 0 Å². The van der Waals surface area contributed by atoms with Crippen molar-refractivity contribution in [3.05, 3.63) is 64.9 Å². The number of nitrogens with one attached hydrogen (secondary N) is 1. The van der Waals surface area contributed by atoms with Gasteiger partial charge in [-0.2, -0.15) is 0 Å². The molecule has 0 fully saturated rings. The fraction of sp³-hybridized carbons (Fsp3) is 0.211. The van der Waals surface area contributed by atoms with Crippen molar-refractivity contribution in [2.24, 2.45) is 0 Å². The second-order valence-electron chi connectivity index (χ2n) is 5.52. The van der Waals surface area contributed by atoms with Crippen molar-refractivity contribution in [3.63, 3.8) is 0 Å². The summed E-state index contributed by atoms with van der Waals surface area (Å²) in [7, 11) is 0. The van der Waals surface area contributed by atoms with Crippen LogP contribution in [0.15, 0.2) is 46.9 Å². The van der Waals surface area contributed by atoms with Crippen LogP contribution in [0.2, 0.25) is 0 Å². The van der Waals surface area contributed by atoms with Crippen LogP contribution in [0.1, 0.15) is 34.2 Å². The number of hydrogen-bond acceptors (Lipinski definition) is 2. The average molecular weight is 293 g/mol. The van der Waals surface area contributed by atoms with E-state index in [4.69, 9.17) is 4.42 Å². The van der Waals surface area contributed by atoms with Gasteiger partial charge in [0.15, 0.2) is 5.76 Å². The zero-order valence-electron chi connectivity index (χ0n) is 13.1. The first-order valence-electron chi connectivity index (χ1n) is 7.49. The molecule has 3 aromatic rings. The average Bonchev–Trinajstić information content (AvgIpc) is 2.95. The molecule has 0 bridgehead atoms. The van der Waals surface area contributed by atoms with Gasteiger partial charge in [0.1, 0.15) is 5.58 Å². The zero-order valence-corrected chi connectivity index (χ0v) is 13.1. The van der Waals surface area contributed by atoms with Gasteiger partial charge in [0, 0.05) is 11.1 Å². The molecule has 0 atom stereocenters. The van der Waals surface area contributed by atoms with Crippen LogP contribution in [-0.4, -0.2) is 5.91 Å². The molecular formula is C19H19NO2. The highest BCUT2D eigenvalue weighted by Crippen LogP contribution is 2.25. The summed E-state index contributed by atoms with van der Waals surface area (Å²) in [5.74, 6) is 0.134. The number of fused-ring (bicyclic) bond motifs is 1. The van der Waals surface area contributed by atoms with E-state index in [0.29, 0.717) is 5.76 Å². The maximum absolute atomic E-state index is 12.5. The maximum atomic E-state index is 12.5. The lowest BCUT2D eigenvalue weighted by Gasteiger charge is -2.11. The Kier molecular flexibility index (Phi) is 3.72. The van der Waals surface area contributed by atoms with Crippen LogP contribution in [-0.2, 0) is 6.42 Å². The van der Waals surface area contributed by atoms with Gasteiger partial charge >= 0.3 is 0 Å². The SMILES string of the molecule is CCc1cccc(C)c1NC(=O)c1cc2cccc(C)c2o1. The van der Waals surface area contributed by atoms with E-state index < -0.39 is 0 Å². The van der Waals surface area contributed by atoms with E-state index in [1.807, 2.05) is 50.2 Å². The molecule has 0 radical (unpaired) electrons. The lowest BCUT2D eigenvalue weighted by molar-refractivity contribution is 0.0998. The van der Waals surface area contributed by atoms with E-state index >= 15 is 0 Å². The smallest absolute Gasteiger partial charge is 0.291 e. The number of benzene rings is 2. The van der Waals surface area contributed by atoms with E-state index in [2.05, 4.69) is 12.2 Å². The summed E-state index contributed by atoms with van der Waals surface area (Å²) in [6.45, 7) is 6.05. The van der Waals surface area contributed by atoms with Gasteiger partial charge in [-0.1, -0.05) is 43.3 Å². The van der Waals surface area contributed by atoms with E-state index in [1.165, 1.54) is 0 Å². The van der Waals surface area contributed by atoms with E-state index in [9.17, 15) is 4.79 Å². The minimum Gasteiger partial charge on any atom is -0.451 e. The van der Waals surface area contributed by atoms with Crippen molar-refractivity contribution < 1.29 is 9.21 Å². The summed E-state index contributed by atoms with van der Waals surface area (Å²) in [4.78, 5) is 12.5. The lowest BCUT2D eigenvalue weighted by atomic mass is 10.1. The molecule has 3 nitrogen and oxygen atoms in total. The predicted octanol–water partition coefficient (Wildman–Crippen LogP) is 4.86. The summed E-state index contributed by atoms with van der Waals surface area (Å²) in [5, 5.41) is 3.94. The number of hydrogen-bond donors (Lipinski definition) is 1. The molecule has 0 aliphatic rings. The number of furan rings is 1. The molecular weight excluding hydrogens is 274 g/mol. The molecule has 1 heterocycles. The summed E-state index contributed by atoms with van der Waals surface area (Å²) >= 11 is 0. The van der Waals surface area contributed by atoms with Crippen molar-refractivity contribution in [2.45, 2.75) is 27.2 Å². The van der Waals surface area contributed by atoms with Crippen LogP contribution in [0, 0.1) is 13.8 Å². The van der Waals surface area contributed by atoms with Gasteiger partial charge in [-0.05, 0) is 43.0 Å². The van der Waals surface area contributed by atoms with E-state index in [-0.39, 0.29) is 5.91 Å². The highest BCUT2D eigenvalue weighted by Gasteiger charge is 2.15. The molecule has 3 rings (SSSR count). The number of aryl methyl sites for hydroxylation is 3. The number of anilines is 1. The predicted molar refractivity (Wildman–Crippen MR) is 89.5 cm³/mol. The van der Waals surface area contributed by atoms with Crippen molar-refractivity contribution in [1.82, 2.24) is 0 Å². The molecule has 0 saturated carbocycles. The fourth-order valence-electron chi connectivity index (χ4n) is 2.70. The molecule has 1 N–H and O–H groups in total. The molecule has 0 aliphatic carbocycles. The normalized spacial score (nSPS) is 10.9. The first-order valence-corrected chi connectivity index (χ1v) is 7.49. The van der Waals surface area contributed by atoms with Crippen LogP contribution in [0.25, 0.3) is 11.0 Å². The van der Waals surface area contributed by atoms with E-state index in [1.54, 1.807) is 6.07 Å². The third kappa shape index (κ3) is 2.50. The molecule has 0 spiro atoms. The Bertz CT molecular complexity index is 846. The van der Waals surface area contributed by atoms with Crippen LogP contribution >= 0.6 is 0 Å². The molecule has 0 unspecified atom stereocenters. The largest absolute Gasteiger partial charge is 0.451 e. The van der Waals surface area contributed by atoms with Crippen LogP contribution in [0.4, 0.5) is 5.69 Å². The summed E-state index contributed by atoms with van der Waals surface area (Å²) in [5.41, 5.74) is 4.86. The van der Waals surface area contributed by atoms with Crippen LogP contribution in [0.5, 0.6) is 0 Å². The number of para-hydroxylation sites is 2. The van der Waals surface area contributed by atoms with Crippen LogP contribution in [0.3, 0.4) is 0 Å². The Morgan fingerprint density at radius 2 is 1.82 bits per heavy atom. The molecule has 1 aromatic heterocycles. The standard InChI is InChI=1S/C19H19NO2/c1-4-14-9-5-7-12(2)17(14)20-19(21)16-11-15-10-6-8-13(3)18(15)22-16/h5-11H,4H2,1-3H3,(H,20,21). The van der Waals surface area contributed by atoms with Gasteiger partial charge in [-0.25, -0.2) is 0 Å². The number of carbonyl (C=O) groups is 1. The van der Waals surface area contributed by atoms with Crippen molar-refractivity contribution in [1.29, 1.82) is 0 Å². The first kappa shape index (κ1) is 14.4. The first-order chi connectivity index (χ1) is 10.6. The lowest BCUT2D eigenvalue weighted by Crippen LogP contribution is -2.13. The van der Waals surface area contributed by atoms with Gasteiger partial charge in [-0.3, -0.25) is 4.79 Å². The molecule has 2 aromatic carbocycles. The van der Waals surface area contributed by atoms with Gasteiger partial charge < -0.3 is 9.73 Å². The molecule has 0 aliphatic heterocycles. The summed E-state index contributed by atoms with van der Waals surface area (Å²) < 4.78 is 5.73. The Morgan fingerprint density at radius 1 is 1.09 bits per heavy atom. The second-order valence-corrected chi connectivity index (χ2v) is 5.52. The Labute approximate surface area is 130 Å². The van der Waals surface area contributed by atoms with Crippen molar-refractivity contribution in [2.75, 3.05) is 5.32 Å². The van der Waals surface area contributed by atoms with E-state index in [0.717, 1.165) is 39.8 Å². The minimum absolute atomic E-state index is 0.209. The molecule has 1 amide bonds. The Balaban J connectivity index is 1.96. The number of rotatable bonds is 3. The molecule has 22 heavy (non-hydrogen) atoms. The highest BCUT2D eigenvalue weighted by atomic mass is 16.3. The highest BCUT2D eigenvalue weighted by molar-refractivity contribution is 6.05. The van der Waals surface area contributed by atoms with Crippen molar-refractivity contribution in [3.8, 4) is 0 Å².